The Labute approximate surface area is 182 Å². The SMILES string of the molecule is CP(=O)(O)ON(CCN(CP(=O)(O)O)CP(=O)(O)O)CCN(CP(=O)(O)O)CP(=O)(O)O. The third-order valence-corrected chi connectivity index (χ3v) is 6.74. The summed E-state index contributed by atoms with van der Waals surface area (Å²) < 4.78 is 61.2. The molecule has 0 rings (SSSR count). The Morgan fingerprint density at radius 1 is 0.531 bits per heavy atom. The molecule has 18 nitrogen and oxygen atoms in total. The van der Waals surface area contributed by atoms with E-state index in [-0.39, 0.29) is 0 Å². The maximum Gasteiger partial charge on any atom is 0.341 e. The second kappa shape index (κ2) is 12.5. The Morgan fingerprint density at radius 2 is 0.781 bits per heavy atom. The molecular formula is C9H28N3O15P5. The predicted molar refractivity (Wildman–Crippen MR) is 109 cm³/mol. The summed E-state index contributed by atoms with van der Waals surface area (Å²) >= 11 is 0. The quantitative estimate of drug-likeness (QED) is 0.0725. The molecule has 0 bridgehead atoms. The molecule has 0 fully saturated rings. The maximum absolute atomic E-state index is 11.6. The van der Waals surface area contributed by atoms with Crippen molar-refractivity contribution in [3.63, 3.8) is 0 Å². The summed E-state index contributed by atoms with van der Waals surface area (Å²) in [5.41, 5.74) is 0. The van der Waals surface area contributed by atoms with Crippen LogP contribution in [0.4, 0.5) is 0 Å². The second-order valence-corrected chi connectivity index (χ2v) is 15.0. The molecule has 0 heterocycles. The van der Waals surface area contributed by atoms with Gasteiger partial charge in [0.05, 0.1) is 0 Å². The van der Waals surface area contributed by atoms with Crippen LogP contribution in [0.1, 0.15) is 0 Å². The first kappa shape index (κ1) is 32.6. The van der Waals surface area contributed by atoms with Crippen molar-refractivity contribution in [1.29, 1.82) is 0 Å². The zero-order chi connectivity index (χ0) is 25.6. The van der Waals surface area contributed by atoms with Gasteiger partial charge in [0.1, 0.15) is 25.1 Å². The van der Waals surface area contributed by atoms with Crippen molar-refractivity contribution in [2.75, 3.05) is 58.0 Å². The van der Waals surface area contributed by atoms with Crippen molar-refractivity contribution >= 4 is 38.0 Å². The highest BCUT2D eigenvalue weighted by Crippen LogP contribution is 2.42. The topological polar surface area (TPSA) is 286 Å². The van der Waals surface area contributed by atoms with Crippen LogP contribution in [-0.4, -0.2) is 117 Å². The maximum atomic E-state index is 11.6. The van der Waals surface area contributed by atoms with E-state index in [2.05, 4.69) is 0 Å². The van der Waals surface area contributed by atoms with Crippen LogP contribution in [0, 0.1) is 0 Å². The van der Waals surface area contributed by atoms with Crippen molar-refractivity contribution in [2.45, 2.75) is 0 Å². The first-order valence-corrected chi connectivity index (χ1v) is 17.5. The van der Waals surface area contributed by atoms with Crippen LogP contribution in [0.5, 0.6) is 0 Å². The molecule has 32 heavy (non-hydrogen) atoms. The van der Waals surface area contributed by atoms with Gasteiger partial charge in [0.15, 0.2) is 0 Å². The third-order valence-electron chi connectivity index (χ3n) is 3.14. The minimum atomic E-state index is -4.75. The molecule has 0 aliphatic carbocycles. The molecule has 0 aliphatic rings. The fourth-order valence-corrected chi connectivity index (χ4v) is 6.29. The number of rotatable bonds is 16. The van der Waals surface area contributed by atoms with E-state index in [1.54, 1.807) is 0 Å². The van der Waals surface area contributed by atoms with Gasteiger partial charge in [0, 0.05) is 32.8 Å². The monoisotopic (exact) mass is 573 g/mol. The van der Waals surface area contributed by atoms with E-state index < -0.39 is 89.3 Å². The smallest absolute Gasteiger partial charge is 0.324 e. The summed E-state index contributed by atoms with van der Waals surface area (Å²) in [7, 11) is -23.2. The zero-order valence-electron chi connectivity index (χ0n) is 16.7. The van der Waals surface area contributed by atoms with Crippen molar-refractivity contribution in [1.82, 2.24) is 14.9 Å². The van der Waals surface area contributed by atoms with Gasteiger partial charge < -0.3 is 44.0 Å². The van der Waals surface area contributed by atoms with Gasteiger partial charge in [-0.25, -0.2) is 4.62 Å². The molecule has 0 aromatic carbocycles. The third kappa shape index (κ3) is 21.2. The molecule has 0 aromatic rings. The van der Waals surface area contributed by atoms with Gasteiger partial charge in [-0.05, 0) is 0 Å². The Morgan fingerprint density at radius 3 is 0.969 bits per heavy atom. The molecule has 1 unspecified atom stereocenters. The van der Waals surface area contributed by atoms with Gasteiger partial charge >= 0.3 is 38.0 Å². The lowest BCUT2D eigenvalue weighted by Gasteiger charge is -2.30. The van der Waals surface area contributed by atoms with Crippen LogP contribution in [-0.2, 0) is 27.4 Å². The minimum Gasteiger partial charge on any atom is -0.324 e. The van der Waals surface area contributed by atoms with E-state index >= 15 is 0 Å². The first-order valence-electron chi connectivity index (χ1n) is 8.32. The van der Waals surface area contributed by atoms with Crippen molar-refractivity contribution in [3.05, 3.63) is 0 Å². The van der Waals surface area contributed by atoms with Crippen LogP contribution < -0.4 is 0 Å². The standard InChI is InChI=1S/C9H28N3O15P5/c1-28(13,14)27-12(4-2-10(6-29(15,16)17)7-30(18,19)20)5-3-11(8-31(21,22)23)9-32(24,25)26/h2-9H2,1H3,(H,13,14)(H2,15,16,17)(H2,18,19,20)(H2,21,22,23)(H2,24,25,26). The Bertz CT molecular complexity index is 720. The van der Waals surface area contributed by atoms with Gasteiger partial charge in [-0.3, -0.25) is 32.6 Å². The summed E-state index contributed by atoms with van der Waals surface area (Å²) in [5, 5.41) is 0.708. The fraction of sp³-hybridized carbons (Fsp3) is 1.00. The Hall–Kier alpha value is 0.630. The summed E-state index contributed by atoms with van der Waals surface area (Å²) in [6, 6.07) is 0. The van der Waals surface area contributed by atoms with Gasteiger partial charge in [-0.15, -0.1) is 0 Å². The van der Waals surface area contributed by atoms with E-state index in [1.807, 2.05) is 0 Å². The van der Waals surface area contributed by atoms with E-state index in [4.69, 9.17) is 43.8 Å². The molecule has 0 amide bonds. The number of hydroxylamine groups is 2. The lowest BCUT2D eigenvalue weighted by atomic mass is 10.5. The molecule has 0 aliphatic heterocycles. The Kier molecular flexibility index (Phi) is 12.8. The van der Waals surface area contributed by atoms with Gasteiger partial charge in [0.2, 0.25) is 0 Å². The van der Waals surface area contributed by atoms with Gasteiger partial charge in [-0.1, -0.05) is 0 Å². The molecule has 0 saturated carbocycles. The van der Waals surface area contributed by atoms with Gasteiger partial charge in [0.25, 0.3) is 0 Å². The summed E-state index contributed by atoms with van der Waals surface area (Å²) in [6.45, 7) is -1.16. The molecular weight excluding hydrogens is 545 g/mol. The summed E-state index contributed by atoms with van der Waals surface area (Å²) in [4.78, 5) is 83.3. The normalized spacial score (nSPS) is 16.2. The fourth-order valence-electron chi connectivity index (χ4n) is 2.33. The van der Waals surface area contributed by atoms with E-state index in [0.29, 0.717) is 14.9 Å². The molecule has 0 spiro atoms. The molecule has 23 heteroatoms. The highest BCUT2D eigenvalue weighted by Gasteiger charge is 2.29. The highest BCUT2D eigenvalue weighted by molar-refractivity contribution is 7.53. The van der Waals surface area contributed by atoms with Crippen LogP contribution in [0.25, 0.3) is 0 Å². The summed E-state index contributed by atoms with van der Waals surface area (Å²) in [5.74, 6) is 0. The van der Waals surface area contributed by atoms with Gasteiger partial charge in [-0.2, -0.15) is 5.06 Å². The van der Waals surface area contributed by atoms with E-state index in [1.165, 1.54) is 0 Å². The van der Waals surface area contributed by atoms with Crippen LogP contribution >= 0.6 is 38.0 Å². The van der Waals surface area contributed by atoms with Crippen LogP contribution in [0.2, 0.25) is 0 Å². The highest BCUT2D eigenvalue weighted by atomic mass is 31.2. The second-order valence-electron chi connectivity index (χ2n) is 6.83. The average molecular weight is 573 g/mol. The molecule has 9 N–H and O–H groups in total. The number of hydrogen-bond donors (Lipinski definition) is 9. The molecule has 194 valence electrons. The molecule has 0 radical (unpaired) electrons. The van der Waals surface area contributed by atoms with Crippen LogP contribution in [0.3, 0.4) is 0 Å². The van der Waals surface area contributed by atoms with Crippen molar-refractivity contribution in [2.24, 2.45) is 0 Å². The van der Waals surface area contributed by atoms with Crippen molar-refractivity contribution in [3.8, 4) is 0 Å². The van der Waals surface area contributed by atoms with Crippen molar-refractivity contribution < 1.29 is 71.5 Å². The number of hydrogen-bond acceptors (Lipinski definition) is 9. The molecule has 1 atom stereocenters. The van der Waals surface area contributed by atoms with E-state index in [0.717, 1.165) is 6.66 Å². The molecule has 0 saturated heterocycles. The minimum absolute atomic E-state index is 0.474. The lowest BCUT2D eigenvalue weighted by Crippen LogP contribution is -2.40. The lowest BCUT2D eigenvalue weighted by molar-refractivity contribution is -0.0730. The first-order chi connectivity index (χ1) is 13.9. The average Bonchev–Trinajstić information content (AvgIpc) is 2.41. The van der Waals surface area contributed by atoms with E-state index in [9.17, 15) is 27.7 Å². The summed E-state index contributed by atoms with van der Waals surface area (Å²) in [6.07, 6.45) is -4.23. The Balaban J connectivity index is 5.41. The predicted octanol–water partition coefficient (Wildman–Crippen LogP) is -1.82. The van der Waals surface area contributed by atoms with Crippen LogP contribution in [0.15, 0.2) is 0 Å². The number of nitrogens with zero attached hydrogens (tertiary/aromatic N) is 3. The largest absolute Gasteiger partial charge is 0.341 e. The zero-order valence-corrected chi connectivity index (χ0v) is 21.2. The molecule has 0 aromatic heterocycles.